The predicted octanol–water partition coefficient (Wildman–Crippen LogP) is 1.44. The van der Waals surface area contributed by atoms with Crippen LogP contribution in [0.25, 0.3) is 0 Å². The fourth-order valence-corrected chi connectivity index (χ4v) is 1.38. The van der Waals surface area contributed by atoms with Gasteiger partial charge in [0.05, 0.1) is 11.7 Å². The van der Waals surface area contributed by atoms with E-state index in [1.807, 2.05) is 0 Å². The Morgan fingerprint density at radius 1 is 1.59 bits per heavy atom. The lowest BCUT2D eigenvalue weighted by Crippen LogP contribution is -2.36. The van der Waals surface area contributed by atoms with E-state index in [9.17, 15) is 9.18 Å². The van der Waals surface area contributed by atoms with Crippen LogP contribution in [-0.2, 0) is 9.53 Å². The minimum Gasteiger partial charge on any atom is -0.385 e. The fourth-order valence-electron chi connectivity index (χ4n) is 1.38. The molecule has 1 atom stereocenters. The molecule has 0 aliphatic heterocycles. The number of hydrogen-bond donors (Lipinski definition) is 2. The molecule has 0 heterocycles. The van der Waals surface area contributed by atoms with Gasteiger partial charge in [-0.3, -0.25) is 4.79 Å². The number of ether oxygens (including phenoxy) is 1. The molecule has 1 amide bonds. The van der Waals surface area contributed by atoms with Crippen molar-refractivity contribution in [3.8, 4) is 0 Å². The molecule has 1 unspecified atom stereocenters. The van der Waals surface area contributed by atoms with E-state index in [-0.39, 0.29) is 5.69 Å². The maximum atomic E-state index is 13.4. The van der Waals surface area contributed by atoms with Crippen LogP contribution in [0.5, 0.6) is 0 Å². The highest BCUT2D eigenvalue weighted by atomic mass is 19.1. The Hall–Kier alpha value is -1.46. The molecule has 17 heavy (non-hydrogen) atoms. The van der Waals surface area contributed by atoms with Gasteiger partial charge in [-0.1, -0.05) is 12.1 Å². The van der Waals surface area contributed by atoms with E-state index in [1.165, 1.54) is 13.2 Å². The number of aryl methyl sites for hydroxylation is 1. The lowest BCUT2D eigenvalue weighted by atomic mass is 10.1. The number of anilines is 1. The van der Waals surface area contributed by atoms with E-state index in [2.05, 4.69) is 5.32 Å². The summed E-state index contributed by atoms with van der Waals surface area (Å²) in [6.45, 7) is 2.12. The standard InChI is InChI=1S/C12H17FN2O2/c1-8-4-3-5-9(13)11(8)15-12(16)10(14)6-7-17-2/h3-5,10H,6-7,14H2,1-2H3,(H,15,16). The molecular weight excluding hydrogens is 223 g/mol. The van der Waals surface area contributed by atoms with Crippen LogP contribution in [-0.4, -0.2) is 25.7 Å². The maximum Gasteiger partial charge on any atom is 0.241 e. The number of benzene rings is 1. The molecule has 0 aromatic heterocycles. The second-order valence-electron chi connectivity index (χ2n) is 3.81. The van der Waals surface area contributed by atoms with Crippen LogP contribution in [0.4, 0.5) is 10.1 Å². The normalized spacial score (nSPS) is 12.2. The van der Waals surface area contributed by atoms with Gasteiger partial charge in [-0.15, -0.1) is 0 Å². The lowest BCUT2D eigenvalue weighted by molar-refractivity contribution is -0.117. The molecule has 3 N–H and O–H groups in total. The minimum atomic E-state index is -0.700. The zero-order chi connectivity index (χ0) is 12.8. The van der Waals surface area contributed by atoms with E-state index in [0.717, 1.165) is 0 Å². The molecule has 0 radical (unpaired) electrons. The number of para-hydroxylation sites is 1. The molecule has 1 rings (SSSR count). The highest BCUT2D eigenvalue weighted by Gasteiger charge is 2.15. The summed E-state index contributed by atoms with van der Waals surface area (Å²) in [6, 6.07) is 3.90. The zero-order valence-electron chi connectivity index (χ0n) is 10.00. The Bertz CT molecular complexity index is 376. The first-order chi connectivity index (χ1) is 8.06. The number of carbonyl (C=O) groups is 1. The molecule has 0 spiro atoms. The molecule has 5 heteroatoms. The van der Waals surface area contributed by atoms with Crippen molar-refractivity contribution in [2.45, 2.75) is 19.4 Å². The molecule has 1 aromatic carbocycles. The fraction of sp³-hybridized carbons (Fsp3) is 0.417. The van der Waals surface area contributed by atoms with Crippen molar-refractivity contribution in [3.63, 3.8) is 0 Å². The summed E-state index contributed by atoms with van der Waals surface area (Å²) in [7, 11) is 1.53. The van der Waals surface area contributed by atoms with Gasteiger partial charge in [0.1, 0.15) is 5.82 Å². The van der Waals surface area contributed by atoms with Crippen LogP contribution in [0.3, 0.4) is 0 Å². The number of nitrogens with two attached hydrogens (primary N) is 1. The van der Waals surface area contributed by atoms with Gasteiger partial charge in [-0.25, -0.2) is 4.39 Å². The van der Waals surface area contributed by atoms with Gasteiger partial charge < -0.3 is 15.8 Å². The number of methoxy groups -OCH3 is 1. The number of rotatable bonds is 5. The van der Waals surface area contributed by atoms with Crippen LogP contribution in [0.15, 0.2) is 18.2 Å². The summed E-state index contributed by atoms with van der Waals surface area (Å²) in [6.07, 6.45) is 0.399. The minimum absolute atomic E-state index is 0.186. The summed E-state index contributed by atoms with van der Waals surface area (Å²) in [4.78, 5) is 11.7. The van der Waals surface area contributed by atoms with Crippen molar-refractivity contribution in [1.82, 2.24) is 0 Å². The average molecular weight is 240 g/mol. The predicted molar refractivity (Wildman–Crippen MR) is 64.2 cm³/mol. The second-order valence-corrected chi connectivity index (χ2v) is 3.81. The lowest BCUT2D eigenvalue weighted by Gasteiger charge is -2.13. The molecule has 0 saturated heterocycles. The second kappa shape index (κ2) is 6.32. The van der Waals surface area contributed by atoms with E-state index >= 15 is 0 Å². The van der Waals surface area contributed by atoms with Crippen LogP contribution in [0, 0.1) is 12.7 Å². The van der Waals surface area contributed by atoms with Gasteiger partial charge in [0.15, 0.2) is 0 Å². The summed E-state index contributed by atoms with van der Waals surface area (Å²) in [5.41, 5.74) is 6.49. The number of amides is 1. The Morgan fingerprint density at radius 2 is 2.29 bits per heavy atom. The Labute approximate surface area is 100.0 Å². The van der Waals surface area contributed by atoms with Gasteiger partial charge >= 0.3 is 0 Å². The van der Waals surface area contributed by atoms with Crippen LogP contribution in [0.2, 0.25) is 0 Å². The smallest absolute Gasteiger partial charge is 0.241 e. The Balaban J connectivity index is 2.68. The third-order valence-corrected chi connectivity index (χ3v) is 2.44. The van der Waals surface area contributed by atoms with Crippen molar-refractivity contribution < 1.29 is 13.9 Å². The van der Waals surface area contributed by atoms with Crippen LogP contribution < -0.4 is 11.1 Å². The molecule has 0 aliphatic rings. The van der Waals surface area contributed by atoms with E-state index in [0.29, 0.717) is 18.6 Å². The number of halogens is 1. The molecule has 0 aliphatic carbocycles. The topological polar surface area (TPSA) is 64.3 Å². The van der Waals surface area contributed by atoms with E-state index in [4.69, 9.17) is 10.5 Å². The molecular formula is C12H17FN2O2. The largest absolute Gasteiger partial charge is 0.385 e. The highest BCUT2D eigenvalue weighted by Crippen LogP contribution is 2.18. The van der Waals surface area contributed by atoms with Gasteiger partial charge in [-0.05, 0) is 25.0 Å². The molecule has 1 aromatic rings. The Kier molecular flexibility index (Phi) is 5.06. The molecule has 0 saturated carbocycles. The molecule has 4 nitrogen and oxygen atoms in total. The molecule has 0 fully saturated rings. The van der Waals surface area contributed by atoms with Crippen molar-refractivity contribution in [2.75, 3.05) is 19.0 Å². The summed E-state index contributed by atoms with van der Waals surface area (Å²) in [5.74, 6) is -0.868. The highest BCUT2D eigenvalue weighted by molar-refractivity contribution is 5.95. The first-order valence-electron chi connectivity index (χ1n) is 5.36. The summed E-state index contributed by atoms with van der Waals surface area (Å²) in [5, 5.41) is 2.49. The third kappa shape index (κ3) is 3.80. The summed E-state index contributed by atoms with van der Waals surface area (Å²) >= 11 is 0. The quantitative estimate of drug-likeness (QED) is 0.818. The van der Waals surface area contributed by atoms with Gasteiger partial charge in [0.25, 0.3) is 0 Å². The van der Waals surface area contributed by atoms with Gasteiger partial charge in [0.2, 0.25) is 5.91 Å². The third-order valence-electron chi connectivity index (χ3n) is 2.44. The number of carbonyl (C=O) groups excluding carboxylic acids is 1. The first-order valence-corrected chi connectivity index (χ1v) is 5.36. The van der Waals surface area contributed by atoms with Crippen LogP contribution >= 0.6 is 0 Å². The SMILES string of the molecule is COCCC(N)C(=O)Nc1c(C)cccc1F. The van der Waals surface area contributed by atoms with Crippen molar-refractivity contribution in [2.24, 2.45) is 5.73 Å². The van der Waals surface area contributed by atoms with Crippen LogP contribution in [0.1, 0.15) is 12.0 Å². The first kappa shape index (κ1) is 13.6. The monoisotopic (exact) mass is 240 g/mol. The number of nitrogens with one attached hydrogen (secondary N) is 1. The maximum absolute atomic E-state index is 13.4. The molecule has 94 valence electrons. The average Bonchev–Trinajstić information content (AvgIpc) is 2.30. The number of hydrogen-bond acceptors (Lipinski definition) is 3. The zero-order valence-corrected chi connectivity index (χ0v) is 10.00. The van der Waals surface area contributed by atoms with E-state index < -0.39 is 17.8 Å². The Morgan fingerprint density at radius 3 is 2.88 bits per heavy atom. The van der Waals surface area contributed by atoms with Crippen molar-refractivity contribution in [1.29, 1.82) is 0 Å². The van der Waals surface area contributed by atoms with Gasteiger partial charge in [-0.2, -0.15) is 0 Å². The van der Waals surface area contributed by atoms with Crippen molar-refractivity contribution >= 4 is 11.6 Å². The van der Waals surface area contributed by atoms with E-state index in [1.54, 1.807) is 19.1 Å². The van der Waals surface area contributed by atoms with Gasteiger partial charge in [0, 0.05) is 13.7 Å². The summed E-state index contributed by atoms with van der Waals surface area (Å²) < 4.78 is 18.3. The molecule has 0 bridgehead atoms. The van der Waals surface area contributed by atoms with Crippen molar-refractivity contribution in [3.05, 3.63) is 29.6 Å².